The number of H-pyrrole nitrogens is 1. The Morgan fingerprint density at radius 2 is 2.00 bits per heavy atom. The first-order valence-electron chi connectivity index (χ1n) is 6.11. The first kappa shape index (κ1) is 13.7. The van der Waals surface area contributed by atoms with E-state index in [2.05, 4.69) is 9.71 Å². The molecular formula is C13H12N2O5S. The van der Waals surface area contributed by atoms with Gasteiger partial charge in [0.05, 0.1) is 0 Å². The van der Waals surface area contributed by atoms with Crippen molar-refractivity contribution in [3.05, 3.63) is 52.4 Å². The van der Waals surface area contributed by atoms with Gasteiger partial charge in [0.2, 0.25) is 22.2 Å². The number of sulfonamides is 1. The molecule has 0 fully saturated rings. The molecule has 110 valence electrons. The van der Waals surface area contributed by atoms with Crippen molar-refractivity contribution in [1.82, 2.24) is 9.71 Å². The number of hydrogen-bond acceptors (Lipinski definition) is 5. The molecule has 0 saturated heterocycles. The average Bonchev–Trinajstić information content (AvgIpc) is 2.93. The fourth-order valence-electron chi connectivity index (χ4n) is 1.92. The molecule has 2 N–H and O–H groups in total. The molecule has 0 unspecified atom stereocenters. The zero-order valence-electron chi connectivity index (χ0n) is 10.8. The SMILES string of the molecule is O=c1cc[nH]cc1S(=O)(=O)NCc1ccc2c(c1)OCO2. The molecule has 0 bridgehead atoms. The summed E-state index contributed by atoms with van der Waals surface area (Å²) in [7, 11) is -3.87. The molecule has 0 spiro atoms. The summed E-state index contributed by atoms with van der Waals surface area (Å²) in [4.78, 5) is 13.8. The number of fused-ring (bicyclic) bond motifs is 1. The Kier molecular flexibility index (Phi) is 3.40. The molecule has 7 nitrogen and oxygen atoms in total. The van der Waals surface area contributed by atoms with Crippen molar-refractivity contribution in [3.8, 4) is 11.5 Å². The van der Waals surface area contributed by atoms with Crippen LogP contribution >= 0.6 is 0 Å². The van der Waals surface area contributed by atoms with Crippen molar-refractivity contribution in [3.63, 3.8) is 0 Å². The summed E-state index contributed by atoms with van der Waals surface area (Å²) in [5, 5.41) is 0. The molecule has 0 radical (unpaired) electrons. The van der Waals surface area contributed by atoms with E-state index in [1.807, 2.05) is 0 Å². The summed E-state index contributed by atoms with van der Waals surface area (Å²) >= 11 is 0. The van der Waals surface area contributed by atoms with Crippen molar-refractivity contribution in [2.24, 2.45) is 0 Å². The van der Waals surface area contributed by atoms with Gasteiger partial charge in [-0.25, -0.2) is 13.1 Å². The highest BCUT2D eigenvalue weighted by Gasteiger charge is 2.18. The number of pyridine rings is 1. The minimum atomic E-state index is -3.87. The summed E-state index contributed by atoms with van der Waals surface area (Å²) in [5.41, 5.74) is 0.141. The minimum absolute atomic E-state index is 0.0489. The Balaban J connectivity index is 1.78. The van der Waals surface area contributed by atoms with Crippen LogP contribution in [0.2, 0.25) is 0 Å². The lowest BCUT2D eigenvalue weighted by molar-refractivity contribution is 0.174. The van der Waals surface area contributed by atoms with E-state index in [0.29, 0.717) is 17.1 Å². The molecule has 2 heterocycles. The van der Waals surface area contributed by atoms with Crippen LogP contribution in [0.1, 0.15) is 5.56 Å². The fourth-order valence-corrected chi connectivity index (χ4v) is 2.99. The van der Waals surface area contributed by atoms with Crippen LogP contribution in [-0.2, 0) is 16.6 Å². The second kappa shape index (κ2) is 5.23. The first-order chi connectivity index (χ1) is 10.1. The van der Waals surface area contributed by atoms with Gasteiger partial charge in [-0.2, -0.15) is 0 Å². The minimum Gasteiger partial charge on any atom is -0.454 e. The molecule has 8 heteroatoms. The number of nitrogens with one attached hydrogen (secondary N) is 2. The standard InChI is InChI=1S/C13H12N2O5S/c16-10-3-4-14-7-13(10)21(17,18)15-6-9-1-2-11-12(5-9)20-8-19-11/h1-5,7,15H,6,8H2,(H,14,16). The van der Waals surface area contributed by atoms with Crippen molar-refractivity contribution in [2.45, 2.75) is 11.4 Å². The van der Waals surface area contributed by atoms with E-state index in [-0.39, 0.29) is 18.2 Å². The quantitative estimate of drug-likeness (QED) is 0.861. The molecule has 0 atom stereocenters. The highest BCUT2D eigenvalue weighted by Crippen LogP contribution is 2.32. The van der Waals surface area contributed by atoms with Crippen molar-refractivity contribution < 1.29 is 17.9 Å². The maximum absolute atomic E-state index is 12.1. The number of rotatable bonds is 4. The molecule has 21 heavy (non-hydrogen) atoms. The second-order valence-corrected chi connectivity index (χ2v) is 6.12. The van der Waals surface area contributed by atoms with Crippen LogP contribution in [0.4, 0.5) is 0 Å². The van der Waals surface area contributed by atoms with Crippen molar-refractivity contribution >= 4 is 10.0 Å². The van der Waals surface area contributed by atoms with Crippen LogP contribution in [0.25, 0.3) is 0 Å². The number of benzene rings is 1. The first-order valence-corrected chi connectivity index (χ1v) is 7.60. The van der Waals surface area contributed by atoms with E-state index in [1.165, 1.54) is 6.20 Å². The van der Waals surface area contributed by atoms with Gasteiger partial charge >= 0.3 is 0 Å². The predicted octanol–water partition coefficient (Wildman–Crippen LogP) is 0.582. The van der Waals surface area contributed by atoms with Gasteiger partial charge in [0.25, 0.3) is 0 Å². The summed E-state index contributed by atoms with van der Waals surface area (Å²) in [6, 6.07) is 6.29. The number of aromatic nitrogens is 1. The Hall–Kier alpha value is -2.32. The summed E-state index contributed by atoms with van der Waals surface area (Å²) in [5.74, 6) is 1.20. The maximum Gasteiger partial charge on any atom is 0.246 e. The van der Waals surface area contributed by atoms with Gasteiger partial charge in [-0.3, -0.25) is 4.79 Å². The summed E-state index contributed by atoms with van der Waals surface area (Å²) in [6.45, 7) is 0.206. The van der Waals surface area contributed by atoms with Gasteiger partial charge in [0, 0.05) is 25.0 Å². The van der Waals surface area contributed by atoms with Crippen molar-refractivity contribution in [2.75, 3.05) is 6.79 Å². The Bertz CT molecular complexity index is 828. The topological polar surface area (TPSA) is 97.5 Å². The van der Waals surface area contributed by atoms with Crippen LogP contribution < -0.4 is 19.6 Å². The number of hydrogen-bond donors (Lipinski definition) is 2. The van der Waals surface area contributed by atoms with Crippen molar-refractivity contribution in [1.29, 1.82) is 0 Å². The molecule has 1 aromatic carbocycles. The Labute approximate surface area is 120 Å². The zero-order chi connectivity index (χ0) is 14.9. The molecule has 0 saturated carbocycles. The predicted molar refractivity (Wildman–Crippen MR) is 73.7 cm³/mol. The fraction of sp³-hybridized carbons (Fsp3) is 0.154. The van der Waals surface area contributed by atoms with Gasteiger partial charge in [0.15, 0.2) is 11.5 Å². The molecule has 0 amide bonds. The zero-order valence-corrected chi connectivity index (χ0v) is 11.6. The van der Waals surface area contributed by atoms with E-state index in [9.17, 15) is 13.2 Å². The highest BCUT2D eigenvalue weighted by molar-refractivity contribution is 7.89. The van der Waals surface area contributed by atoms with Gasteiger partial charge < -0.3 is 14.5 Å². The molecule has 3 rings (SSSR count). The Morgan fingerprint density at radius 3 is 2.81 bits per heavy atom. The second-order valence-electron chi connectivity index (χ2n) is 4.39. The molecule has 1 aliphatic rings. The Morgan fingerprint density at radius 1 is 1.19 bits per heavy atom. The van der Waals surface area contributed by atoms with E-state index in [1.54, 1.807) is 18.2 Å². The van der Waals surface area contributed by atoms with E-state index < -0.39 is 15.5 Å². The van der Waals surface area contributed by atoms with Crippen LogP contribution in [0.5, 0.6) is 11.5 Å². The van der Waals surface area contributed by atoms with Crippen LogP contribution in [0, 0.1) is 0 Å². The third-order valence-corrected chi connectivity index (χ3v) is 4.40. The van der Waals surface area contributed by atoms with Gasteiger partial charge in [-0.05, 0) is 17.7 Å². The lowest BCUT2D eigenvalue weighted by Crippen LogP contribution is -2.27. The number of aromatic amines is 1. The van der Waals surface area contributed by atoms with Gasteiger partial charge in [-0.15, -0.1) is 0 Å². The summed E-state index contributed by atoms with van der Waals surface area (Å²) < 4.78 is 36.9. The normalized spacial score (nSPS) is 13.3. The molecule has 0 aliphatic carbocycles. The average molecular weight is 308 g/mol. The van der Waals surface area contributed by atoms with Gasteiger partial charge in [-0.1, -0.05) is 6.07 Å². The van der Waals surface area contributed by atoms with E-state index >= 15 is 0 Å². The summed E-state index contributed by atoms with van der Waals surface area (Å²) in [6.07, 6.45) is 2.53. The van der Waals surface area contributed by atoms with E-state index in [0.717, 1.165) is 12.3 Å². The largest absolute Gasteiger partial charge is 0.454 e. The molecule has 1 aliphatic heterocycles. The highest BCUT2D eigenvalue weighted by atomic mass is 32.2. The third-order valence-electron chi connectivity index (χ3n) is 2.98. The monoisotopic (exact) mass is 308 g/mol. The molecular weight excluding hydrogens is 296 g/mol. The van der Waals surface area contributed by atoms with Crippen LogP contribution in [-0.4, -0.2) is 20.2 Å². The lowest BCUT2D eigenvalue weighted by Gasteiger charge is -2.06. The smallest absolute Gasteiger partial charge is 0.246 e. The molecule has 1 aromatic heterocycles. The lowest BCUT2D eigenvalue weighted by atomic mass is 10.2. The molecule has 2 aromatic rings. The third kappa shape index (κ3) is 2.76. The maximum atomic E-state index is 12.1. The number of ether oxygens (including phenoxy) is 2. The van der Waals surface area contributed by atoms with Crippen LogP contribution in [0.3, 0.4) is 0 Å². The van der Waals surface area contributed by atoms with E-state index in [4.69, 9.17) is 9.47 Å². The van der Waals surface area contributed by atoms with Gasteiger partial charge in [0.1, 0.15) is 4.90 Å². The van der Waals surface area contributed by atoms with Crippen LogP contribution in [0.15, 0.2) is 46.3 Å².